The van der Waals surface area contributed by atoms with Gasteiger partial charge in [0.1, 0.15) is 25.4 Å². The number of ether oxygens (including phenoxy) is 5. The lowest BCUT2D eigenvalue weighted by Gasteiger charge is -2.31. The van der Waals surface area contributed by atoms with Crippen LogP contribution in [0, 0.1) is 0 Å². The summed E-state index contributed by atoms with van der Waals surface area (Å²) in [6, 6.07) is 0. The maximum Gasteiger partial charge on any atom is 0.303 e. The van der Waals surface area contributed by atoms with Crippen molar-refractivity contribution in [1.82, 2.24) is 0 Å². The summed E-state index contributed by atoms with van der Waals surface area (Å²) in [7, 11) is 2.71. The summed E-state index contributed by atoms with van der Waals surface area (Å²) in [5.74, 6) is -1.50. The molecule has 0 aliphatic rings. The van der Waals surface area contributed by atoms with Crippen molar-refractivity contribution in [2.75, 3.05) is 19.0 Å². The minimum atomic E-state index is -0.932. The van der Waals surface area contributed by atoms with E-state index >= 15 is 0 Å². The maximum atomic E-state index is 11.6. The zero-order chi connectivity index (χ0) is 23.8. The van der Waals surface area contributed by atoms with Crippen molar-refractivity contribution in [2.45, 2.75) is 71.7 Å². The van der Waals surface area contributed by atoms with Gasteiger partial charge in [0.2, 0.25) is 0 Å². The predicted molar refractivity (Wildman–Crippen MR) is 118 cm³/mol. The molecule has 178 valence electrons. The van der Waals surface area contributed by atoms with Gasteiger partial charge in [-0.15, -0.1) is 0 Å². The van der Waals surface area contributed by atoms with Crippen molar-refractivity contribution in [2.24, 2.45) is 0 Å². The van der Waals surface area contributed by atoms with E-state index in [2.05, 4.69) is 0 Å². The van der Waals surface area contributed by atoms with E-state index in [-0.39, 0.29) is 13.2 Å². The van der Waals surface area contributed by atoms with Crippen LogP contribution in [0.3, 0.4) is 0 Å². The molecule has 0 bridgehead atoms. The number of allylic oxidation sites excluding steroid dienone is 1. The summed E-state index contributed by atoms with van der Waals surface area (Å²) in [4.78, 5) is 45.6. The van der Waals surface area contributed by atoms with Gasteiger partial charge in [-0.05, 0) is 13.3 Å². The summed E-state index contributed by atoms with van der Waals surface area (Å²) >= 11 is 0. The quantitative estimate of drug-likeness (QED) is 0.0860. The van der Waals surface area contributed by atoms with Crippen molar-refractivity contribution in [3.63, 3.8) is 0 Å². The zero-order valence-electron chi connectivity index (χ0n) is 18.8. The lowest BCUT2D eigenvalue weighted by molar-refractivity contribution is -0.175. The molecule has 11 heteroatoms. The van der Waals surface area contributed by atoms with Crippen LogP contribution in [0.5, 0.6) is 0 Å². The maximum absolute atomic E-state index is 11.6. The molecular weight excluding hydrogens is 448 g/mol. The normalized spacial score (nSPS) is 14.9. The van der Waals surface area contributed by atoms with Crippen LogP contribution in [-0.2, 0) is 42.9 Å². The standard InChI is InChI=1S/C20H32O9S2/c1-7-8-9-10-30-31-20(19(28-17(6)24)12-26-15(4)22)29-18(11-25-14(3)21)13(2)27-16(5)23/h8-9,13,18-20H,7,10-12H2,1-6H3/b9-8-/t13-,18?,19-,20-/m0/s1. The molecule has 0 aliphatic carbocycles. The van der Waals surface area contributed by atoms with Crippen LogP contribution in [0.25, 0.3) is 0 Å². The van der Waals surface area contributed by atoms with Crippen molar-refractivity contribution < 1.29 is 42.9 Å². The third-order valence-electron chi connectivity index (χ3n) is 3.44. The predicted octanol–water partition coefficient (Wildman–Crippen LogP) is 3.05. The molecular formula is C20H32O9S2. The Balaban J connectivity index is 5.57. The zero-order valence-corrected chi connectivity index (χ0v) is 20.4. The fourth-order valence-electron chi connectivity index (χ4n) is 2.13. The molecule has 0 fully saturated rings. The molecule has 0 spiro atoms. The molecule has 4 atom stereocenters. The van der Waals surface area contributed by atoms with E-state index in [1.807, 2.05) is 19.1 Å². The smallest absolute Gasteiger partial charge is 0.303 e. The Morgan fingerprint density at radius 2 is 1.35 bits per heavy atom. The Labute approximate surface area is 191 Å². The molecule has 0 radical (unpaired) electrons. The Bertz CT molecular complexity index is 609. The van der Waals surface area contributed by atoms with E-state index in [9.17, 15) is 19.2 Å². The first-order valence-corrected chi connectivity index (χ1v) is 12.1. The van der Waals surface area contributed by atoms with Gasteiger partial charge < -0.3 is 23.7 Å². The van der Waals surface area contributed by atoms with E-state index in [1.54, 1.807) is 6.92 Å². The van der Waals surface area contributed by atoms with Crippen LogP contribution in [0.15, 0.2) is 12.2 Å². The second kappa shape index (κ2) is 16.9. The molecule has 0 aromatic heterocycles. The summed E-state index contributed by atoms with van der Waals surface area (Å²) in [5.41, 5.74) is -0.804. The van der Waals surface area contributed by atoms with Crippen LogP contribution >= 0.6 is 21.6 Å². The SMILES string of the molecule is CC/C=C\CSS[C@H](OC(COC(C)=O)[C@H](C)OC(C)=O)[C@H](COC(C)=O)OC(C)=O. The number of carbonyl (C=O) groups is 4. The molecule has 9 nitrogen and oxygen atoms in total. The van der Waals surface area contributed by atoms with E-state index in [4.69, 9.17) is 23.7 Å². The molecule has 0 aromatic rings. The third kappa shape index (κ3) is 15.7. The Morgan fingerprint density at radius 3 is 1.84 bits per heavy atom. The van der Waals surface area contributed by atoms with Crippen LogP contribution in [0.4, 0.5) is 0 Å². The summed E-state index contributed by atoms with van der Waals surface area (Å²) in [5, 5.41) is 0. The lowest BCUT2D eigenvalue weighted by atomic mass is 10.2. The summed E-state index contributed by atoms with van der Waals surface area (Å²) in [6.45, 7) is 8.19. The molecule has 0 aliphatic heterocycles. The largest absolute Gasteiger partial charge is 0.463 e. The van der Waals surface area contributed by atoms with Crippen molar-refractivity contribution >= 4 is 45.5 Å². The molecule has 0 N–H and O–H groups in total. The summed E-state index contributed by atoms with van der Waals surface area (Å²) < 4.78 is 26.6. The van der Waals surface area contributed by atoms with E-state index < -0.39 is 47.6 Å². The highest BCUT2D eigenvalue weighted by molar-refractivity contribution is 8.76. The van der Waals surface area contributed by atoms with E-state index in [0.29, 0.717) is 5.75 Å². The highest BCUT2D eigenvalue weighted by Crippen LogP contribution is 2.33. The second-order valence-corrected chi connectivity index (χ2v) is 8.88. The van der Waals surface area contributed by atoms with Gasteiger partial charge in [-0.1, -0.05) is 40.7 Å². The highest BCUT2D eigenvalue weighted by atomic mass is 33.1. The van der Waals surface area contributed by atoms with Crippen LogP contribution in [-0.4, -0.2) is 66.6 Å². The van der Waals surface area contributed by atoms with Gasteiger partial charge >= 0.3 is 23.9 Å². The minimum absolute atomic E-state index is 0.179. The van der Waals surface area contributed by atoms with Crippen molar-refractivity contribution in [1.29, 1.82) is 0 Å². The fourth-order valence-corrected chi connectivity index (χ4v) is 4.38. The molecule has 0 saturated heterocycles. The first kappa shape index (κ1) is 29.3. The van der Waals surface area contributed by atoms with E-state index in [1.165, 1.54) is 49.3 Å². The fraction of sp³-hybridized carbons (Fsp3) is 0.700. The lowest BCUT2D eigenvalue weighted by Crippen LogP contribution is -2.43. The van der Waals surface area contributed by atoms with Gasteiger partial charge in [0.05, 0.1) is 0 Å². The van der Waals surface area contributed by atoms with Gasteiger partial charge in [-0.3, -0.25) is 19.2 Å². The average Bonchev–Trinajstić information content (AvgIpc) is 2.65. The van der Waals surface area contributed by atoms with Crippen molar-refractivity contribution in [3.8, 4) is 0 Å². The Kier molecular flexibility index (Phi) is 16.0. The van der Waals surface area contributed by atoms with Gasteiger partial charge in [0.25, 0.3) is 0 Å². The van der Waals surface area contributed by atoms with Gasteiger partial charge in [-0.25, -0.2) is 0 Å². The number of carbonyl (C=O) groups excluding carboxylic acids is 4. The van der Waals surface area contributed by atoms with Gasteiger partial charge in [0.15, 0.2) is 11.5 Å². The Morgan fingerprint density at radius 1 is 0.806 bits per heavy atom. The molecule has 0 aromatic carbocycles. The molecule has 0 rings (SSSR count). The average molecular weight is 481 g/mol. The number of hydrogen-bond donors (Lipinski definition) is 0. The second-order valence-electron chi connectivity index (χ2n) is 6.37. The Hall–Kier alpha value is -1.72. The number of esters is 4. The van der Waals surface area contributed by atoms with Crippen LogP contribution in [0.2, 0.25) is 0 Å². The highest BCUT2D eigenvalue weighted by Gasteiger charge is 2.33. The van der Waals surface area contributed by atoms with E-state index in [0.717, 1.165) is 6.42 Å². The van der Waals surface area contributed by atoms with Gasteiger partial charge in [0, 0.05) is 33.4 Å². The third-order valence-corrected chi connectivity index (χ3v) is 5.89. The summed E-state index contributed by atoms with van der Waals surface area (Å²) in [6.07, 6.45) is 2.37. The van der Waals surface area contributed by atoms with Crippen LogP contribution in [0.1, 0.15) is 48.0 Å². The molecule has 0 saturated carbocycles. The van der Waals surface area contributed by atoms with Gasteiger partial charge in [-0.2, -0.15) is 0 Å². The first-order valence-electron chi connectivity index (χ1n) is 9.76. The number of rotatable bonds is 15. The first-order chi connectivity index (χ1) is 14.6. The molecule has 0 heterocycles. The molecule has 1 unspecified atom stereocenters. The topological polar surface area (TPSA) is 114 Å². The molecule has 31 heavy (non-hydrogen) atoms. The molecule has 0 amide bonds. The minimum Gasteiger partial charge on any atom is -0.463 e. The van der Waals surface area contributed by atoms with Crippen LogP contribution < -0.4 is 0 Å². The number of hydrogen-bond acceptors (Lipinski definition) is 11. The van der Waals surface area contributed by atoms with Crippen molar-refractivity contribution in [3.05, 3.63) is 12.2 Å². The monoisotopic (exact) mass is 480 g/mol.